The first kappa shape index (κ1) is 20.8. The van der Waals surface area contributed by atoms with E-state index in [0.29, 0.717) is 16.4 Å². The van der Waals surface area contributed by atoms with Gasteiger partial charge in [-0.3, -0.25) is 9.59 Å². The van der Waals surface area contributed by atoms with Crippen molar-refractivity contribution >= 4 is 40.5 Å². The molecule has 0 atom stereocenters. The molecule has 0 unspecified atom stereocenters. The molecule has 0 fully saturated rings. The lowest BCUT2D eigenvalue weighted by atomic mass is 9.90. The Hall–Kier alpha value is -2.53. The summed E-state index contributed by atoms with van der Waals surface area (Å²) in [5.74, 6) is -0.808. The summed E-state index contributed by atoms with van der Waals surface area (Å²) >= 11 is 6.26. The van der Waals surface area contributed by atoms with E-state index < -0.39 is 17.2 Å². The Morgan fingerprint density at radius 1 is 0.963 bits per heavy atom. The molecular formula is C21H26ClN3O2. The SMILES string of the molecule is Cc1cc(C)c(NC(=O)C(C)(C)C(=O)Nc2ccc(N(C)C)cc2)c(Cl)c1. The number of hydrogen-bond acceptors (Lipinski definition) is 3. The maximum atomic E-state index is 12.8. The molecule has 2 aromatic carbocycles. The van der Waals surface area contributed by atoms with Gasteiger partial charge in [0.25, 0.3) is 0 Å². The summed E-state index contributed by atoms with van der Waals surface area (Å²) in [6, 6.07) is 11.1. The second-order valence-corrected chi connectivity index (χ2v) is 7.82. The molecule has 2 rings (SSSR count). The zero-order valence-corrected chi connectivity index (χ0v) is 17.4. The summed E-state index contributed by atoms with van der Waals surface area (Å²) in [5, 5.41) is 6.06. The van der Waals surface area contributed by atoms with E-state index in [1.807, 2.05) is 63.2 Å². The lowest BCUT2D eigenvalue weighted by molar-refractivity contribution is -0.135. The molecule has 0 aliphatic rings. The Labute approximate surface area is 165 Å². The number of nitrogens with one attached hydrogen (secondary N) is 2. The number of benzene rings is 2. The first-order valence-electron chi connectivity index (χ1n) is 8.69. The number of carbonyl (C=O) groups is 2. The topological polar surface area (TPSA) is 61.4 Å². The number of anilines is 3. The van der Waals surface area contributed by atoms with Crippen LogP contribution in [0.5, 0.6) is 0 Å². The van der Waals surface area contributed by atoms with E-state index in [2.05, 4.69) is 10.6 Å². The van der Waals surface area contributed by atoms with E-state index in [1.165, 1.54) is 0 Å². The van der Waals surface area contributed by atoms with Gasteiger partial charge < -0.3 is 15.5 Å². The lowest BCUT2D eigenvalue weighted by Gasteiger charge is -2.24. The monoisotopic (exact) mass is 387 g/mol. The molecule has 0 bridgehead atoms. The second-order valence-electron chi connectivity index (χ2n) is 7.41. The first-order valence-corrected chi connectivity index (χ1v) is 9.07. The zero-order chi connectivity index (χ0) is 20.4. The van der Waals surface area contributed by atoms with Gasteiger partial charge in [-0.1, -0.05) is 17.7 Å². The van der Waals surface area contributed by atoms with Crippen LogP contribution in [0.15, 0.2) is 36.4 Å². The van der Waals surface area contributed by atoms with Crippen molar-refractivity contribution in [3.63, 3.8) is 0 Å². The molecule has 144 valence electrons. The van der Waals surface area contributed by atoms with Gasteiger partial charge >= 0.3 is 0 Å². The van der Waals surface area contributed by atoms with Gasteiger partial charge in [-0.2, -0.15) is 0 Å². The fraction of sp³-hybridized carbons (Fsp3) is 0.333. The number of amides is 2. The van der Waals surface area contributed by atoms with Gasteiger partial charge in [-0.05, 0) is 69.2 Å². The number of rotatable bonds is 5. The molecule has 2 aromatic rings. The summed E-state index contributed by atoms with van der Waals surface area (Å²) in [5.41, 5.74) is 2.77. The van der Waals surface area contributed by atoms with Gasteiger partial charge in [0.05, 0.1) is 10.7 Å². The molecule has 0 saturated heterocycles. The highest BCUT2D eigenvalue weighted by Gasteiger charge is 2.36. The van der Waals surface area contributed by atoms with Gasteiger partial charge in [0.1, 0.15) is 5.41 Å². The Kier molecular flexibility index (Phi) is 6.16. The van der Waals surface area contributed by atoms with Crippen molar-refractivity contribution in [2.24, 2.45) is 5.41 Å². The molecule has 0 aliphatic heterocycles. The predicted molar refractivity (Wildman–Crippen MR) is 113 cm³/mol. The Bertz CT molecular complexity index is 835. The Morgan fingerprint density at radius 2 is 1.52 bits per heavy atom. The molecule has 27 heavy (non-hydrogen) atoms. The molecule has 2 amide bonds. The molecule has 2 N–H and O–H groups in total. The Balaban J connectivity index is 2.14. The summed E-state index contributed by atoms with van der Waals surface area (Å²) in [7, 11) is 3.89. The molecule has 0 aliphatic carbocycles. The average Bonchev–Trinajstić information content (AvgIpc) is 2.58. The number of hydrogen-bond donors (Lipinski definition) is 2. The summed E-state index contributed by atoms with van der Waals surface area (Å²) < 4.78 is 0. The number of nitrogens with zero attached hydrogens (tertiary/aromatic N) is 1. The maximum Gasteiger partial charge on any atom is 0.239 e. The van der Waals surface area contributed by atoms with E-state index in [9.17, 15) is 9.59 Å². The van der Waals surface area contributed by atoms with Gasteiger partial charge in [0, 0.05) is 25.5 Å². The van der Waals surface area contributed by atoms with Crippen LogP contribution in [0.1, 0.15) is 25.0 Å². The summed E-state index contributed by atoms with van der Waals surface area (Å²) in [4.78, 5) is 27.4. The Morgan fingerprint density at radius 3 is 2.04 bits per heavy atom. The third-order valence-corrected chi connectivity index (χ3v) is 4.75. The van der Waals surface area contributed by atoms with Crippen LogP contribution >= 0.6 is 11.6 Å². The maximum absolute atomic E-state index is 12.8. The molecule has 0 heterocycles. The zero-order valence-electron chi connectivity index (χ0n) is 16.6. The molecular weight excluding hydrogens is 362 g/mol. The minimum atomic E-state index is -1.28. The van der Waals surface area contributed by atoms with Crippen LogP contribution < -0.4 is 15.5 Å². The highest BCUT2D eigenvalue weighted by atomic mass is 35.5. The van der Waals surface area contributed by atoms with Crippen molar-refractivity contribution < 1.29 is 9.59 Å². The van der Waals surface area contributed by atoms with E-state index in [0.717, 1.165) is 16.8 Å². The molecule has 0 aromatic heterocycles. The van der Waals surface area contributed by atoms with Crippen LogP contribution in [0.25, 0.3) is 0 Å². The van der Waals surface area contributed by atoms with E-state index >= 15 is 0 Å². The third-order valence-electron chi connectivity index (χ3n) is 4.45. The fourth-order valence-corrected chi connectivity index (χ4v) is 2.95. The van der Waals surface area contributed by atoms with E-state index in [1.54, 1.807) is 19.9 Å². The van der Waals surface area contributed by atoms with Crippen LogP contribution in [0.4, 0.5) is 17.1 Å². The largest absolute Gasteiger partial charge is 0.378 e. The summed E-state index contributed by atoms with van der Waals surface area (Å²) in [6.07, 6.45) is 0. The van der Waals surface area contributed by atoms with Gasteiger partial charge in [0.15, 0.2) is 0 Å². The standard InChI is InChI=1S/C21H26ClN3O2/c1-13-11-14(2)18(17(22)12-13)24-20(27)21(3,4)19(26)23-15-7-9-16(10-8-15)25(5)6/h7-12H,1-6H3,(H,23,26)(H,24,27). The lowest BCUT2D eigenvalue weighted by Crippen LogP contribution is -2.41. The van der Waals surface area contributed by atoms with Crippen molar-refractivity contribution in [1.29, 1.82) is 0 Å². The smallest absolute Gasteiger partial charge is 0.239 e. The highest BCUT2D eigenvalue weighted by molar-refractivity contribution is 6.34. The minimum Gasteiger partial charge on any atom is -0.378 e. The molecule has 0 saturated carbocycles. The molecule has 5 nitrogen and oxygen atoms in total. The molecule has 0 spiro atoms. The van der Waals surface area contributed by atoms with Crippen molar-refractivity contribution in [1.82, 2.24) is 0 Å². The second kappa shape index (κ2) is 8.01. The van der Waals surface area contributed by atoms with E-state index in [-0.39, 0.29) is 0 Å². The minimum absolute atomic E-state index is 0.390. The number of aryl methyl sites for hydroxylation is 2. The van der Waals surface area contributed by atoms with Gasteiger partial charge in [-0.25, -0.2) is 0 Å². The average molecular weight is 388 g/mol. The van der Waals surface area contributed by atoms with E-state index in [4.69, 9.17) is 11.6 Å². The number of halogens is 1. The van der Waals surface area contributed by atoms with Crippen LogP contribution in [0, 0.1) is 19.3 Å². The quantitative estimate of drug-likeness (QED) is 0.735. The summed E-state index contributed by atoms with van der Waals surface area (Å²) in [6.45, 7) is 6.98. The van der Waals surface area contributed by atoms with Crippen LogP contribution in [0.2, 0.25) is 5.02 Å². The fourth-order valence-electron chi connectivity index (χ4n) is 2.58. The third kappa shape index (κ3) is 4.80. The van der Waals surface area contributed by atoms with Crippen molar-refractivity contribution in [2.45, 2.75) is 27.7 Å². The highest BCUT2D eigenvalue weighted by Crippen LogP contribution is 2.30. The number of carbonyl (C=O) groups excluding carboxylic acids is 2. The van der Waals surface area contributed by atoms with Crippen molar-refractivity contribution in [3.8, 4) is 0 Å². The van der Waals surface area contributed by atoms with Crippen molar-refractivity contribution in [2.75, 3.05) is 29.6 Å². The molecule has 6 heteroatoms. The normalized spacial score (nSPS) is 11.1. The van der Waals surface area contributed by atoms with Crippen molar-refractivity contribution in [3.05, 3.63) is 52.5 Å². The van der Waals surface area contributed by atoms with Crippen LogP contribution in [0.3, 0.4) is 0 Å². The molecule has 0 radical (unpaired) electrons. The predicted octanol–water partition coefficient (Wildman–Crippen LogP) is 4.63. The van der Waals surface area contributed by atoms with Crippen LogP contribution in [-0.4, -0.2) is 25.9 Å². The first-order chi connectivity index (χ1) is 12.5. The van der Waals surface area contributed by atoms with Gasteiger partial charge in [0.2, 0.25) is 11.8 Å². The van der Waals surface area contributed by atoms with Crippen LogP contribution in [-0.2, 0) is 9.59 Å². The van der Waals surface area contributed by atoms with Gasteiger partial charge in [-0.15, -0.1) is 0 Å².